The van der Waals surface area contributed by atoms with Crippen molar-refractivity contribution in [3.8, 4) is 23.0 Å². The quantitative estimate of drug-likeness (QED) is 0.212. The summed E-state index contributed by atoms with van der Waals surface area (Å²) >= 11 is 0. The van der Waals surface area contributed by atoms with Crippen LogP contribution in [0.4, 0.5) is 0 Å². The van der Waals surface area contributed by atoms with Crippen LogP contribution < -0.4 is 29.6 Å². The van der Waals surface area contributed by atoms with Crippen LogP contribution in [0.3, 0.4) is 0 Å². The Bertz CT molecular complexity index is 790. The van der Waals surface area contributed by atoms with Gasteiger partial charge in [0.05, 0.1) is 28.4 Å². The van der Waals surface area contributed by atoms with Crippen molar-refractivity contribution in [2.24, 2.45) is 4.99 Å². The second-order valence-electron chi connectivity index (χ2n) is 6.34. The Morgan fingerprint density at radius 3 is 2.13 bits per heavy atom. The minimum atomic E-state index is 0. The molecule has 0 unspecified atom stereocenters. The lowest BCUT2D eigenvalue weighted by Crippen LogP contribution is -2.37. The molecule has 0 atom stereocenters. The number of methoxy groups -OCH3 is 4. The summed E-state index contributed by atoms with van der Waals surface area (Å²) in [5.41, 5.74) is 2.25. The van der Waals surface area contributed by atoms with Crippen molar-refractivity contribution in [2.75, 3.05) is 42.0 Å². The van der Waals surface area contributed by atoms with Gasteiger partial charge in [0, 0.05) is 20.1 Å². The van der Waals surface area contributed by atoms with Crippen molar-refractivity contribution in [1.29, 1.82) is 0 Å². The van der Waals surface area contributed by atoms with Crippen molar-refractivity contribution >= 4 is 29.9 Å². The van der Waals surface area contributed by atoms with Crippen molar-refractivity contribution in [3.63, 3.8) is 0 Å². The predicted octanol–water partition coefficient (Wildman–Crippen LogP) is 3.64. The Morgan fingerprint density at radius 1 is 0.867 bits per heavy atom. The Labute approximate surface area is 196 Å². The van der Waals surface area contributed by atoms with Gasteiger partial charge in [0.15, 0.2) is 17.5 Å². The second kappa shape index (κ2) is 13.8. The summed E-state index contributed by atoms with van der Waals surface area (Å²) in [6.45, 7) is 1.39. The van der Waals surface area contributed by atoms with Gasteiger partial charge in [-0.05, 0) is 48.2 Å². The van der Waals surface area contributed by atoms with Gasteiger partial charge in [0.1, 0.15) is 5.75 Å². The zero-order valence-electron chi connectivity index (χ0n) is 18.3. The highest BCUT2D eigenvalue weighted by Crippen LogP contribution is 2.38. The Kier molecular flexibility index (Phi) is 11.8. The molecule has 0 amide bonds. The van der Waals surface area contributed by atoms with E-state index in [1.165, 1.54) is 5.56 Å². The third kappa shape index (κ3) is 7.47. The highest BCUT2D eigenvalue weighted by molar-refractivity contribution is 14.0. The first-order valence-corrected chi connectivity index (χ1v) is 9.51. The molecule has 30 heavy (non-hydrogen) atoms. The van der Waals surface area contributed by atoms with Gasteiger partial charge in [-0.15, -0.1) is 24.0 Å². The standard InChI is InChI=1S/C22H31N3O4.HI/c1-23-22(24-11-7-9-16-8-6-10-18(12-16)26-2)25-15-17-13-19(27-3)21(29-5)20(14-17)28-4;/h6,8,10,12-14H,7,9,11,15H2,1-5H3,(H2,23,24,25);1H. The lowest BCUT2D eigenvalue weighted by Gasteiger charge is -2.16. The fourth-order valence-corrected chi connectivity index (χ4v) is 2.97. The molecule has 0 saturated heterocycles. The first kappa shape index (κ1) is 25.7. The fraction of sp³-hybridized carbons (Fsp3) is 0.409. The molecule has 0 bridgehead atoms. The highest BCUT2D eigenvalue weighted by Gasteiger charge is 2.13. The number of guanidine groups is 1. The van der Waals surface area contributed by atoms with Crippen LogP contribution in [0.1, 0.15) is 17.5 Å². The van der Waals surface area contributed by atoms with Crippen molar-refractivity contribution in [3.05, 3.63) is 47.5 Å². The van der Waals surface area contributed by atoms with Gasteiger partial charge >= 0.3 is 0 Å². The molecule has 0 aliphatic rings. The normalized spacial score (nSPS) is 10.6. The number of rotatable bonds is 10. The van der Waals surface area contributed by atoms with E-state index in [9.17, 15) is 0 Å². The molecule has 0 aromatic heterocycles. The van der Waals surface area contributed by atoms with Gasteiger partial charge in [0.25, 0.3) is 0 Å². The molecule has 7 nitrogen and oxygen atoms in total. The summed E-state index contributed by atoms with van der Waals surface area (Å²) in [6, 6.07) is 12.0. The third-order valence-electron chi connectivity index (χ3n) is 4.48. The zero-order valence-corrected chi connectivity index (χ0v) is 20.6. The molecular formula is C22H32IN3O4. The third-order valence-corrected chi connectivity index (χ3v) is 4.48. The van der Waals surface area contributed by atoms with E-state index in [4.69, 9.17) is 18.9 Å². The number of aliphatic imine (C=N–C) groups is 1. The van der Waals surface area contributed by atoms with Gasteiger partial charge in [-0.1, -0.05) is 12.1 Å². The number of hydrogen-bond donors (Lipinski definition) is 2. The summed E-state index contributed by atoms with van der Waals surface area (Å²) in [5, 5.41) is 6.65. The van der Waals surface area contributed by atoms with Gasteiger partial charge in [0.2, 0.25) is 5.75 Å². The highest BCUT2D eigenvalue weighted by atomic mass is 127. The Hall–Kier alpha value is -2.36. The second-order valence-corrected chi connectivity index (χ2v) is 6.34. The summed E-state index contributed by atoms with van der Waals surface area (Å²) in [7, 11) is 8.25. The van der Waals surface area contributed by atoms with Crippen molar-refractivity contribution < 1.29 is 18.9 Å². The Morgan fingerprint density at radius 2 is 1.57 bits per heavy atom. The van der Waals surface area contributed by atoms with Crippen LogP contribution in [0.2, 0.25) is 0 Å². The summed E-state index contributed by atoms with van der Waals surface area (Å²) in [6.07, 6.45) is 1.95. The largest absolute Gasteiger partial charge is 0.497 e. The lowest BCUT2D eigenvalue weighted by atomic mass is 10.1. The molecule has 2 aromatic rings. The van der Waals surface area contributed by atoms with Gasteiger partial charge in [-0.3, -0.25) is 4.99 Å². The van der Waals surface area contributed by atoms with E-state index in [2.05, 4.69) is 27.8 Å². The van der Waals surface area contributed by atoms with E-state index in [0.29, 0.717) is 23.8 Å². The monoisotopic (exact) mass is 529 g/mol. The maximum absolute atomic E-state index is 5.40. The number of nitrogens with zero attached hydrogens (tertiary/aromatic N) is 1. The molecule has 166 valence electrons. The summed E-state index contributed by atoms with van der Waals surface area (Å²) < 4.78 is 21.4. The molecular weight excluding hydrogens is 497 g/mol. The first-order valence-electron chi connectivity index (χ1n) is 9.51. The van der Waals surface area contributed by atoms with Crippen LogP contribution in [0, 0.1) is 0 Å². The molecule has 2 N–H and O–H groups in total. The van der Waals surface area contributed by atoms with E-state index < -0.39 is 0 Å². The van der Waals surface area contributed by atoms with Crippen LogP contribution >= 0.6 is 24.0 Å². The van der Waals surface area contributed by atoms with Crippen LogP contribution in [0.25, 0.3) is 0 Å². The van der Waals surface area contributed by atoms with E-state index in [1.54, 1.807) is 35.5 Å². The van der Waals surface area contributed by atoms with E-state index in [-0.39, 0.29) is 24.0 Å². The van der Waals surface area contributed by atoms with E-state index in [0.717, 1.165) is 36.7 Å². The maximum Gasteiger partial charge on any atom is 0.203 e. The smallest absolute Gasteiger partial charge is 0.203 e. The van der Waals surface area contributed by atoms with Gasteiger partial charge in [-0.2, -0.15) is 0 Å². The predicted molar refractivity (Wildman–Crippen MR) is 131 cm³/mol. The van der Waals surface area contributed by atoms with Crippen LogP contribution in [0.15, 0.2) is 41.4 Å². The van der Waals surface area contributed by atoms with Gasteiger partial charge in [-0.25, -0.2) is 0 Å². The molecule has 8 heteroatoms. The number of nitrogens with one attached hydrogen (secondary N) is 2. The molecule has 0 aliphatic heterocycles. The van der Waals surface area contributed by atoms with Crippen molar-refractivity contribution in [1.82, 2.24) is 10.6 Å². The SMILES string of the molecule is CN=C(NCCCc1cccc(OC)c1)NCc1cc(OC)c(OC)c(OC)c1.I. The number of ether oxygens (including phenoxy) is 4. The zero-order chi connectivity index (χ0) is 21.1. The number of aryl methyl sites for hydroxylation is 1. The first-order chi connectivity index (χ1) is 14.1. The number of benzene rings is 2. The number of halogens is 1. The topological polar surface area (TPSA) is 73.3 Å². The van der Waals surface area contributed by atoms with Crippen LogP contribution in [0.5, 0.6) is 23.0 Å². The molecule has 2 rings (SSSR count). The van der Waals surface area contributed by atoms with Crippen molar-refractivity contribution in [2.45, 2.75) is 19.4 Å². The molecule has 0 heterocycles. The van der Waals surface area contributed by atoms with Gasteiger partial charge < -0.3 is 29.6 Å². The molecule has 0 radical (unpaired) electrons. The average Bonchev–Trinajstić information content (AvgIpc) is 2.77. The average molecular weight is 529 g/mol. The summed E-state index contributed by atoms with van der Waals surface area (Å²) in [4.78, 5) is 4.28. The van der Waals surface area contributed by atoms with E-state index >= 15 is 0 Å². The van der Waals surface area contributed by atoms with Crippen LogP contribution in [-0.4, -0.2) is 48.0 Å². The fourth-order valence-electron chi connectivity index (χ4n) is 2.97. The number of hydrogen-bond acceptors (Lipinski definition) is 5. The van der Waals surface area contributed by atoms with E-state index in [1.807, 2.05) is 24.3 Å². The lowest BCUT2D eigenvalue weighted by molar-refractivity contribution is 0.323. The summed E-state index contributed by atoms with van der Waals surface area (Å²) in [5.74, 6) is 3.47. The molecule has 0 saturated carbocycles. The maximum atomic E-state index is 5.40. The molecule has 0 aliphatic carbocycles. The minimum Gasteiger partial charge on any atom is -0.497 e. The molecule has 0 fully saturated rings. The Balaban J connectivity index is 0.00000450. The van der Waals surface area contributed by atoms with Crippen LogP contribution in [-0.2, 0) is 13.0 Å². The minimum absolute atomic E-state index is 0. The molecule has 0 spiro atoms. The molecule has 2 aromatic carbocycles.